The maximum absolute atomic E-state index is 12.1. The van der Waals surface area contributed by atoms with Crippen molar-refractivity contribution >= 4 is 19.8 Å². The summed E-state index contributed by atoms with van der Waals surface area (Å²) in [6.45, 7) is 3.88. The fourth-order valence-corrected chi connectivity index (χ4v) is 3.38. The second kappa shape index (κ2) is 17.5. The van der Waals surface area contributed by atoms with Crippen molar-refractivity contribution < 1.29 is 42.1 Å². The lowest BCUT2D eigenvalue weighted by Crippen LogP contribution is -2.37. The van der Waals surface area contributed by atoms with E-state index >= 15 is 0 Å². The molecule has 2 atom stereocenters. The molecule has 0 aromatic heterocycles. The van der Waals surface area contributed by atoms with E-state index in [1.54, 1.807) is 0 Å². The van der Waals surface area contributed by atoms with Crippen molar-refractivity contribution in [2.45, 2.75) is 84.2 Å². The van der Waals surface area contributed by atoms with E-state index < -0.39 is 32.5 Å². The van der Waals surface area contributed by atoms with Crippen LogP contribution < -0.4 is 4.89 Å². The average Bonchev–Trinajstić information content (AvgIpc) is 2.69. The number of quaternary nitrogens is 1. The minimum atomic E-state index is -4.57. The van der Waals surface area contributed by atoms with Crippen molar-refractivity contribution in [1.82, 2.24) is 0 Å². The van der Waals surface area contributed by atoms with E-state index in [9.17, 15) is 19.0 Å². The third-order valence-corrected chi connectivity index (χ3v) is 5.59. The van der Waals surface area contributed by atoms with Crippen molar-refractivity contribution in [2.24, 2.45) is 0 Å². The van der Waals surface area contributed by atoms with Crippen LogP contribution in [0, 0.1) is 0 Å². The maximum Gasteiger partial charge on any atom is 0.306 e. The Balaban J connectivity index is 4.63. The van der Waals surface area contributed by atoms with Crippen LogP contribution in [-0.2, 0) is 32.7 Å². The number of phosphoric ester groups is 1. The fourth-order valence-electron chi connectivity index (χ4n) is 2.65. The molecule has 190 valence electrons. The van der Waals surface area contributed by atoms with Gasteiger partial charge in [0, 0.05) is 12.8 Å². The first-order valence-corrected chi connectivity index (χ1v) is 13.2. The Bertz CT molecular complexity index is 565. The second-order valence-electron chi connectivity index (χ2n) is 9.01. The number of phosphoric acid groups is 1. The highest BCUT2D eigenvalue weighted by atomic mass is 31.2. The Hall–Kier alpha value is -0.990. The Morgan fingerprint density at radius 3 is 1.94 bits per heavy atom. The first-order chi connectivity index (χ1) is 15.0. The van der Waals surface area contributed by atoms with Gasteiger partial charge in [-0.3, -0.25) is 14.2 Å². The molecule has 0 heterocycles. The van der Waals surface area contributed by atoms with E-state index in [2.05, 4.69) is 13.8 Å². The van der Waals surface area contributed by atoms with Gasteiger partial charge < -0.3 is 27.9 Å². The van der Waals surface area contributed by atoms with Crippen molar-refractivity contribution in [2.75, 3.05) is 47.5 Å². The van der Waals surface area contributed by atoms with Gasteiger partial charge in [-0.15, -0.1) is 0 Å². The van der Waals surface area contributed by atoms with Crippen molar-refractivity contribution in [1.29, 1.82) is 0 Å². The molecule has 0 rings (SSSR count). The van der Waals surface area contributed by atoms with E-state index in [-0.39, 0.29) is 26.1 Å². The Labute approximate surface area is 193 Å². The minimum Gasteiger partial charge on any atom is -0.756 e. The van der Waals surface area contributed by atoms with Crippen molar-refractivity contribution in [3.63, 3.8) is 0 Å². The first-order valence-electron chi connectivity index (χ1n) is 11.7. The summed E-state index contributed by atoms with van der Waals surface area (Å²) in [4.78, 5) is 36.1. The molecule has 0 N–H and O–H groups in total. The zero-order valence-corrected chi connectivity index (χ0v) is 21.5. The van der Waals surface area contributed by atoms with Gasteiger partial charge in [0.25, 0.3) is 7.82 Å². The van der Waals surface area contributed by atoms with E-state index in [1.807, 2.05) is 21.1 Å². The van der Waals surface area contributed by atoms with Gasteiger partial charge in [0.15, 0.2) is 6.10 Å². The molecule has 32 heavy (non-hydrogen) atoms. The summed E-state index contributed by atoms with van der Waals surface area (Å²) in [5.74, 6) is -0.880. The predicted octanol–water partition coefficient (Wildman–Crippen LogP) is 3.59. The van der Waals surface area contributed by atoms with Crippen LogP contribution in [0.25, 0.3) is 0 Å². The monoisotopic (exact) mass is 481 g/mol. The molecule has 0 saturated heterocycles. The van der Waals surface area contributed by atoms with Crippen molar-refractivity contribution in [3.05, 3.63) is 0 Å². The average molecular weight is 482 g/mol. The molecule has 0 bridgehead atoms. The van der Waals surface area contributed by atoms with Gasteiger partial charge in [-0.25, -0.2) is 0 Å². The Morgan fingerprint density at radius 1 is 0.844 bits per heavy atom. The lowest BCUT2D eigenvalue weighted by molar-refractivity contribution is -0.870. The summed E-state index contributed by atoms with van der Waals surface area (Å²) < 4.78 is 32.8. The summed E-state index contributed by atoms with van der Waals surface area (Å²) in [7, 11) is 1.16. The molecule has 9 nitrogen and oxygen atoms in total. The highest BCUT2D eigenvalue weighted by molar-refractivity contribution is 7.45. The largest absolute Gasteiger partial charge is 0.756 e. The van der Waals surface area contributed by atoms with Crippen LogP contribution >= 0.6 is 7.82 Å². The lowest BCUT2D eigenvalue weighted by atomic mass is 10.1. The predicted molar refractivity (Wildman–Crippen MR) is 121 cm³/mol. The third kappa shape index (κ3) is 19.7. The number of ether oxygens (including phenoxy) is 2. The third-order valence-electron chi connectivity index (χ3n) is 4.63. The molecule has 0 radical (unpaired) electrons. The SMILES string of the molecule is CCCCCCC(=O)OC[C@H](COP(=O)([O-])OCC[N+](C)(C)C)OC(=O)CCCCCC. The van der Waals surface area contributed by atoms with Gasteiger partial charge >= 0.3 is 11.9 Å². The molecular formula is C22H44NO8P. The smallest absolute Gasteiger partial charge is 0.306 e. The number of hydrogen-bond acceptors (Lipinski definition) is 8. The molecule has 0 aliphatic heterocycles. The topological polar surface area (TPSA) is 111 Å². The van der Waals surface area contributed by atoms with Crippen LogP contribution in [0.4, 0.5) is 0 Å². The molecule has 0 aliphatic rings. The fraction of sp³-hybridized carbons (Fsp3) is 0.909. The molecule has 0 aromatic carbocycles. The summed E-state index contributed by atoms with van der Waals surface area (Å²) in [6, 6.07) is 0. The number of nitrogens with zero attached hydrogens (tertiary/aromatic N) is 1. The molecule has 10 heteroatoms. The van der Waals surface area contributed by atoms with Crippen LogP contribution in [0.15, 0.2) is 0 Å². The van der Waals surface area contributed by atoms with Gasteiger partial charge in [0.1, 0.15) is 19.8 Å². The number of rotatable bonds is 20. The standard InChI is InChI=1S/C22H44NO8P/c1-6-8-10-12-14-21(24)28-18-20(31-22(25)15-13-11-9-7-2)19-30-32(26,27)29-17-16-23(3,4)5/h20H,6-19H2,1-5H3/t20-/m1/s1. The summed E-state index contributed by atoms with van der Waals surface area (Å²) in [6.07, 6.45) is 6.92. The molecule has 0 fully saturated rings. The summed E-state index contributed by atoms with van der Waals surface area (Å²) in [5.41, 5.74) is 0. The van der Waals surface area contributed by atoms with E-state index in [0.717, 1.165) is 44.9 Å². The van der Waals surface area contributed by atoms with Crippen LogP contribution in [0.2, 0.25) is 0 Å². The molecular weight excluding hydrogens is 437 g/mol. The molecule has 0 aromatic rings. The number of esters is 2. The number of hydrogen-bond donors (Lipinski definition) is 0. The van der Waals surface area contributed by atoms with Gasteiger partial charge in [-0.1, -0.05) is 52.4 Å². The quantitative estimate of drug-likeness (QED) is 0.112. The summed E-state index contributed by atoms with van der Waals surface area (Å²) >= 11 is 0. The number of unbranched alkanes of at least 4 members (excludes halogenated alkanes) is 6. The second-order valence-corrected chi connectivity index (χ2v) is 10.4. The zero-order chi connectivity index (χ0) is 24.5. The Kier molecular flexibility index (Phi) is 16.9. The van der Waals surface area contributed by atoms with E-state index in [1.165, 1.54) is 0 Å². The zero-order valence-electron chi connectivity index (χ0n) is 20.6. The normalized spacial score (nSPS) is 14.6. The van der Waals surface area contributed by atoms with Crippen LogP contribution in [0.3, 0.4) is 0 Å². The molecule has 0 aliphatic carbocycles. The van der Waals surface area contributed by atoms with E-state index in [0.29, 0.717) is 17.4 Å². The maximum atomic E-state index is 12.1. The molecule has 0 amide bonds. The van der Waals surface area contributed by atoms with Gasteiger partial charge in [-0.05, 0) is 12.8 Å². The summed E-state index contributed by atoms with van der Waals surface area (Å²) in [5, 5.41) is 0. The highest BCUT2D eigenvalue weighted by Gasteiger charge is 2.21. The highest BCUT2D eigenvalue weighted by Crippen LogP contribution is 2.38. The molecule has 0 spiro atoms. The lowest BCUT2D eigenvalue weighted by Gasteiger charge is -2.28. The number of likely N-dealkylation sites (N-methyl/N-ethyl adjacent to an activating group) is 1. The number of carbonyl (C=O) groups is 2. The van der Waals surface area contributed by atoms with Gasteiger partial charge in [-0.2, -0.15) is 0 Å². The van der Waals surface area contributed by atoms with Gasteiger partial charge in [0.05, 0.1) is 27.7 Å². The van der Waals surface area contributed by atoms with Crippen LogP contribution in [-0.4, -0.2) is 70.0 Å². The first kappa shape index (κ1) is 31.0. The van der Waals surface area contributed by atoms with Crippen LogP contribution in [0.5, 0.6) is 0 Å². The Morgan fingerprint density at radius 2 is 1.41 bits per heavy atom. The number of carbonyl (C=O) groups excluding carboxylic acids is 2. The molecule has 1 unspecified atom stereocenters. The van der Waals surface area contributed by atoms with Crippen LogP contribution in [0.1, 0.15) is 78.1 Å². The van der Waals surface area contributed by atoms with Crippen molar-refractivity contribution in [3.8, 4) is 0 Å². The minimum absolute atomic E-state index is 0.0289. The van der Waals surface area contributed by atoms with Gasteiger partial charge in [0.2, 0.25) is 0 Å². The van der Waals surface area contributed by atoms with E-state index in [4.69, 9.17) is 18.5 Å². The molecule has 0 saturated carbocycles.